The van der Waals surface area contributed by atoms with Crippen LogP contribution in [0.2, 0.25) is 0 Å². The van der Waals surface area contributed by atoms with Crippen molar-refractivity contribution < 1.29 is 41.1 Å². The van der Waals surface area contributed by atoms with Crippen LogP contribution in [-0.2, 0) is 24.6 Å². The first-order valence-electron chi connectivity index (χ1n) is 9.84. The largest absolute Gasteiger partial charge is 0.481 e. The standard InChI is InChI=1S/C21H25F3NO6P/c1-4-28-32(27,29-5-2)14-25-20(26)15(3)30-17-10-12-19(13-11-17)31-18-8-6-16(7-9-18)21(22,23)24/h6-13,15H,4-5,14H2,1-3H3,(H,25,26). The van der Waals surface area contributed by atoms with Crippen LogP contribution in [-0.4, -0.2) is 31.5 Å². The number of rotatable bonds is 11. The molecular formula is C21H25F3NO6P. The molecule has 2 rings (SSSR count). The lowest BCUT2D eigenvalue weighted by atomic mass is 10.2. The van der Waals surface area contributed by atoms with E-state index in [2.05, 4.69) is 5.32 Å². The van der Waals surface area contributed by atoms with Crippen molar-refractivity contribution >= 4 is 13.5 Å². The quantitative estimate of drug-likeness (QED) is 0.426. The first-order chi connectivity index (χ1) is 15.1. The first kappa shape index (κ1) is 25.7. The molecule has 32 heavy (non-hydrogen) atoms. The topological polar surface area (TPSA) is 83.1 Å². The highest BCUT2D eigenvalue weighted by atomic mass is 31.2. The Labute approximate surface area is 184 Å². The normalized spacial score (nSPS) is 12.8. The van der Waals surface area contributed by atoms with Gasteiger partial charge in [0.05, 0.1) is 18.8 Å². The number of hydrogen-bond acceptors (Lipinski definition) is 6. The fourth-order valence-corrected chi connectivity index (χ4v) is 3.93. The van der Waals surface area contributed by atoms with E-state index in [1.54, 1.807) is 38.1 Å². The third-order valence-electron chi connectivity index (χ3n) is 4.02. The van der Waals surface area contributed by atoms with Crippen LogP contribution >= 0.6 is 7.60 Å². The summed E-state index contributed by atoms with van der Waals surface area (Å²) in [6, 6.07) is 10.5. The number of halogens is 3. The van der Waals surface area contributed by atoms with Gasteiger partial charge < -0.3 is 23.8 Å². The van der Waals surface area contributed by atoms with Crippen LogP contribution in [0.5, 0.6) is 17.2 Å². The number of nitrogens with one attached hydrogen (secondary N) is 1. The highest BCUT2D eigenvalue weighted by Gasteiger charge is 2.30. The average Bonchev–Trinajstić information content (AvgIpc) is 2.73. The molecule has 1 atom stereocenters. The maximum atomic E-state index is 12.6. The summed E-state index contributed by atoms with van der Waals surface area (Å²) >= 11 is 0. The molecule has 0 spiro atoms. The molecule has 11 heteroatoms. The fraction of sp³-hybridized carbons (Fsp3) is 0.381. The van der Waals surface area contributed by atoms with Crippen LogP contribution in [0.4, 0.5) is 13.2 Å². The molecule has 1 N–H and O–H groups in total. The number of carbonyl (C=O) groups excluding carboxylic acids is 1. The second-order valence-electron chi connectivity index (χ2n) is 6.50. The zero-order valence-electron chi connectivity index (χ0n) is 17.8. The summed E-state index contributed by atoms with van der Waals surface area (Å²) in [5.41, 5.74) is -0.764. The van der Waals surface area contributed by atoms with E-state index in [1.165, 1.54) is 19.1 Å². The van der Waals surface area contributed by atoms with E-state index in [9.17, 15) is 22.5 Å². The average molecular weight is 475 g/mol. The van der Waals surface area contributed by atoms with Crippen molar-refractivity contribution in [2.75, 3.05) is 19.5 Å². The Kier molecular flexibility index (Phi) is 9.12. The van der Waals surface area contributed by atoms with Crippen molar-refractivity contribution in [3.8, 4) is 17.2 Å². The molecule has 7 nitrogen and oxygen atoms in total. The Morgan fingerprint density at radius 3 is 1.88 bits per heavy atom. The van der Waals surface area contributed by atoms with Crippen LogP contribution < -0.4 is 14.8 Å². The summed E-state index contributed by atoms with van der Waals surface area (Å²) in [4.78, 5) is 12.2. The van der Waals surface area contributed by atoms with Gasteiger partial charge in [0.1, 0.15) is 23.5 Å². The Morgan fingerprint density at radius 1 is 0.938 bits per heavy atom. The number of alkyl halides is 3. The summed E-state index contributed by atoms with van der Waals surface area (Å²) in [5, 5.41) is 2.49. The van der Waals surface area contributed by atoms with Crippen LogP contribution in [0.25, 0.3) is 0 Å². The number of hydrogen-bond donors (Lipinski definition) is 1. The molecule has 0 aliphatic heterocycles. The van der Waals surface area contributed by atoms with Crippen LogP contribution in [0.1, 0.15) is 26.3 Å². The molecule has 1 unspecified atom stereocenters. The molecule has 176 valence electrons. The van der Waals surface area contributed by atoms with Gasteiger partial charge in [-0.2, -0.15) is 13.2 Å². The van der Waals surface area contributed by atoms with E-state index in [0.29, 0.717) is 11.5 Å². The molecule has 2 aromatic rings. The van der Waals surface area contributed by atoms with Gasteiger partial charge in [-0.15, -0.1) is 0 Å². The van der Waals surface area contributed by atoms with E-state index >= 15 is 0 Å². The lowest BCUT2D eigenvalue weighted by Gasteiger charge is -2.19. The molecule has 0 saturated carbocycles. The molecule has 2 aromatic carbocycles. The van der Waals surface area contributed by atoms with Gasteiger partial charge in [0.2, 0.25) is 0 Å². The smallest absolute Gasteiger partial charge is 0.416 e. The van der Waals surface area contributed by atoms with Crippen molar-refractivity contribution in [3.63, 3.8) is 0 Å². The summed E-state index contributed by atoms with van der Waals surface area (Å²) < 4.78 is 71.5. The molecule has 0 radical (unpaired) electrons. The third kappa shape index (κ3) is 7.85. The zero-order valence-corrected chi connectivity index (χ0v) is 18.7. The van der Waals surface area contributed by atoms with E-state index in [0.717, 1.165) is 12.1 Å². The van der Waals surface area contributed by atoms with Gasteiger partial charge in [0, 0.05) is 0 Å². The van der Waals surface area contributed by atoms with Gasteiger partial charge >= 0.3 is 13.8 Å². The van der Waals surface area contributed by atoms with Crippen molar-refractivity contribution in [1.82, 2.24) is 5.32 Å². The molecular weight excluding hydrogens is 450 g/mol. The van der Waals surface area contributed by atoms with E-state index in [-0.39, 0.29) is 25.2 Å². The molecule has 0 heterocycles. The fourth-order valence-electron chi connectivity index (χ4n) is 2.53. The minimum Gasteiger partial charge on any atom is -0.481 e. The number of carbonyl (C=O) groups is 1. The minimum absolute atomic E-state index is 0.181. The molecule has 0 bridgehead atoms. The van der Waals surface area contributed by atoms with Crippen molar-refractivity contribution in [3.05, 3.63) is 54.1 Å². The third-order valence-corrected chi connectivity index (χ3v) is 5.87. The van der Waals surface area contributed by atoms with Gasteiger partial charge in [-0.1, -0.05) is 0 Å². The van der Waals surface area contributed by atoms with Crippen molar-refractivity contribution in [1.29, 1.82) is 0 Å². The van der Waals surface area contributed by atoms with E-state index < -0.39 is 31.3 Å². The van der Waals surface area contributed by atoms with Gasteiger partial charge in [0.25, 0.3) is 5.91 Å². The molecule has 0 aromatic heterocycles. The first-order valence-corrected chi connectivity index (χ1v) is 11.6. The highest BCUT2D eigenvalue weighted by Crippen LogP contribution is 2.46. The summed E-state index contributed by atoms with van der Waals surface area (Å²) in [6.45, 7) is 5.22. The SMILES string of the molecule is CCOP(=O)(CNC(=O)C(C)Oc1ccc(Oc2ccc(C(F)(F)F)cc2)cc1)OCC. The highest BCUT2D eigenvalue weighted by molar-refractivity contribution is 7.53. The second kappa shape index (κ2) is 11.4. The summed E-state index contributed by atoms with van der Waals surface area (Å²) in [5.74, 6) is 0.482. The van der Waals surface area contributed by atoms with Gasteiger partial charge in [-0.25, -0.2) is 0 Å². The van der Waals surface area contributed by atoms with Crippen molar-refractivity contribution in [2.24, 2.45) is 0 Å². The van der Waals surface area contributed by atoms with Crippen LogP contribution in [0.15, 0.2) is 48.5 Å². The summed E-state index contributed by atoms with van der Waals surface area (Å²) in [7, 11) is -3.41. The maximum Gasteiger partial charge on any atom is 0.416 e. The maximum absolute atomic E-state index is 12.6. The summed E-state index contributed by atoms with van der Waals surface area (Å²) in [6.07, 6.45) is -5.58. The van der Waals surface area contributed by atoms with Crippen LogP contribution in [0, 0.1) is 0 Å². The van der Waals surface area contributed by atoms with Crippen molar-refractivity contribution in [2.45, 2.75) is 33.1 Å². The predicted molar refractivity (Wildman–Crippen MR) is 112 cm³/mol. The van der Waals surface area contributed by atoms with Gasteiger partial charge in [0.15, 0.2) is 6.10 Å². The molecule has 0 aliphatic carbocycles. The van der Waals surface area contributed by atoms with E-state index in [4.69, 9.17) is 18.5 Å². The minimum atomic E-state index is -4.41. The Morgan fingerprint density at radius 2 is 1.41 bits per heavy atom. The Hall–Kier alpha value is -2.55. The lowest BCUT2D eigenvalue weighted by Crippen LogP contribution is -2.37. The Balaban J connectivity index is 1.90. The number of amides is 1. The number of benzene rings is 2. The molecule has 0 saturated heterocycles. The molecule has 0 aliphatic rings. The predicted octanol–water partition coefficient (Wildman–Crippen LogP) is 5.60. The monoisotopic (exact) mass is 475 g/mol. The molecule has 1 amide bonds. The van der Waals surface area contributed by atoms with Gasteiger partial charge in [-0.3, -0.25) is 9.36 Å². The van der Waals surface area contributed by atoms with E-state index in [1.807, 2.05) is 0 Å². The van der Waals surface area contributed by atoms with Crippen LogP contribution in [0.3, 0.4) is 0 Å². The Bertz CT molecular complexity index is 909. The molecule has 0 fully saturated rings. The number of ether oxygens (including phenoxy) is 2. The zero-order chi connectivity index (χ0) is 23.8. The second-order valence-corrected chi connectivity index (χ2v) is 8.56. The van der Waals surface area contributed by atoms with Gasteiger partial charge in [-0.05, 0) is 69.3 Å². The lowest BCUT2D eigenvalue weighted by molar-refractivity contribution is -0.137.